The number of pyridine rings is 1. The van der Waals surface area contributed by atoms with Crippen LogP contribution in [-0.4, -0.2) is 35.6 Å². The van der Waals surface area contributed by atoms with Crippen molar-refractivity contribution in [3.8, 4) is 0 Å². The summed E-state index contributed by atoms with van der Waals surface area (Å²) in [6.45, 7) is 3.32. The zero-order valence-corrected chi connectivity index (χ0v) is 11.0. The van der Waals surface area contributed by atoms with Gasteiger partial charge in [0.05, 0.1) is 5.75 Å². The molecule has 100 valence electrons. The molecule has 0 fully saturated rings. The number of aromatic nitrogens is 1. The minimum absolute atomic E-state index is 0.0397. The van der Waals surface area contributed by atoms with Crippen LogP contribution in [0.4, 0.5) is 0 Å². The van der Waals surface area contributed by atoms with Crippen LogP contribution >= 0.6 is 0 Å². The number of hydrogen-bond acceptors (Lipinski definition) is 4. The lowest BCUT2D eigenvalue weighted by Gasteiger charge is -2.11. The summed E-state index contributed by atoms with van der Waals surface area (Å²) >= 11 is 0. The van der Waals surface area contributed by atoms with Crippen molar-refractivity contribution < 1.29 is 18.3 Å². The molecule has 0 atom stereocenters. The van der Waals surface area contributed by atoms with Crippen LogP contribution in [-0.2, 0) is 16.4 Å². The molecule has 0 bridgehead atoms. The molecule has 1 aromatic rings. The van der Waals surface area contributed by atoms with Gasteiger partial charge in [0.25, 0.3) is 0 Å². The third-order valence-electron chi connectivity index (χ3n) is 2.66. The zero-order chi connectivity index (χ0) is 13.9. The predicted octanol–water partition coefficient (Wildman–Crippen LogP) is 0.290. The minimum atomic E-state index is -3.12. The standard InChI is InChI=1S/C11H15NO5S/c1-3-18(16,17)5-4-12-7-9(11(14)15)10(13)6-8(12)2/h6-7H,3-5H2,1-2H3,(H,14,15). The van der Waals surface area contributed by atoms with Crippen molar-refractivity contribution in [2.45, 2.75) is 20.4 Å². The maximum absolute atomic E-state index is 11.4. The Bertz CT molecular complexity index is 615. The van der Waals surface area contributed by atoms with Crippen molar-refractivity contribution in [2.75, 3.05) is 11.5 Å². The van der Waals surface area contributed by atoms with Crippen LogP contribution in [0.25, 0.3) is 0 Å². The molecule has 0 aromatic carbocycles. The number of carboxylic acids is 1. The highest BCUT2D eigenvalue weighted by Crippen LogP contribution is 2.01. The molecule has 1 aromatic heterocycles. The topological polar surface area (TPSA) is 93.4 Å². The third kappa shape index (κ3) is 3.43. The molecular weight excluding hydrogens is 258 g/mol. The van der Waals surface area contributed by atoms with Gasteiger partial charge in [-0.25, -0.2) is 13.2 Å². The molecule has 0 saturated carbocycles. The van der Waals surface area contributed by atoms with Gasteiger partial charge >= 0.3 is 5.97 Å². The lowest BCUT2D eigenvalue weighted by Crippen LogP contribution is -2.22. The van der Waals surface area contributed by atoms with Crippen LogP contribution in [0.15, 0.2) is 17.1 Å². The first kappa shape index (κ1) is 14.4. The predicted molar refractivity (Wildman–Crippen MR) is 66.7 cm³/mol. The molecule has 18 heavy (non-hydrogen) atoms. The summed E-state index contributed by atoms with van der Waals surface area (Å²) in [5.41, 5.74) is -0.389. The summed E-state index contributed by atoms with van der Waals surface area (Å²) in [5.74, 6) is -1.35. The van der Waals surface area contributed by atoms with Crippen molar-refractivity contribution in [2.24, 2.45) is 0 Å². The van der Waals surface area contributed by atoms with Gasteiger partial charge in [-0.3, -0.25) is 4.79 Å². The summed E-state index contributed by atoms with van der Waals surface area (Å²) in [6.07, 6.45) is 1.19. The van der Waals surface area contributed by atoms with Crippen LogP contribution in [0.2, 0.25) is 0 Å². The van der Waals surface area contributed by atoms with Gasteiger partial charge in [0.2, 0.25) is 0 Å². The van der Waals surface area contributed by atoms with E-state index in [2.05, 4.69) is 0 Å². The van der Waals surface area contributed by atoms with Gasteiger partial charge in [0.15, 0.2) is 15.3 Å². The Hall–Kier alpha value is -1.63. The van der Waals surface area contributed by atoms with E-state index in [4.69, 9.17) is 5.11 Å². The Kier molecular flexibility index (Phi) is 4.28. The van der Waals surface area contributed by atoms with E-state index >= 15 is 0 Å². The fourth-order valence-corrected chi connectivity index (χ4v) is 2.22. The van der Waals surface area contributed by atoms with Crippen LogP contribution in [0.1, 0.15) is 23.0 Å². The maximum atomic E-state index is 11.4. The molecule has 0 saturated heterocycles. The number of sulfone groups is 1. The molecule has 0 radical (unpaired) electrons. The molecule has 1 N–H and O–H groups in total. The number of hydrogen-bond donors (Lipinski definition) is 1. The van der Waals surface area contributed by atoms with Gasteiger partial charge in [-0.2, -0.15) is 0 Å². The Labute approximate surface area is 105 Å². The number of carboxylic acid groups (broad SMARTS) is 1. The number of aryl methyl sites for hydroxylation is 2. The average Bonchev–Trinajstić information content (AvgIpc) is 2.27. The fourth-order valence-electron chi connectivity index (χ4n) is 1.45. The minimum Gasteiger partial charge on any atom is -0.477 e. The maximum Gasteiger partial charge on any atom is 0.341 e. The largest absolute Gasteiger partial charge is 0.477 e. The number of aromatic carboxylic acids is 1. The Morgan fingerprint density at radius 1 is 1.44 bits per heavy atom. The lowest BCUT2D eigenvalue weighted by molar-refractivity contribution is 0.0694. The van der Waals surface area contributed by atoms with E-state index in [0.717, 1.165) is 0 Å². The fraction of sp³-hybridized carbons (Fsp3) is 0.455. The van der Waals surface area contributed by atoms with E-state index in [1.165, 1.54) is 16.8 Å². The van der Waals surface area contributed by atoms with E-state index in [1.807, 2.05) is 0 Å². The molecule has 7 heteroatoms. The summed E-state index contributed by atoms with van der Waals surface area (Å²) in [4.78, 5) is 22.2. The number of rotatable bonds is 5. The second kappa shape index (κ2) is 5.34. The Morgan fingerprint density at radius 2 is 2.06 bits per heavy atom. The highest BCUT2D eigenvalue weighted by molar-refractivity contribution is 7.91. The van der Waals surface area contributed by atoms with Gasteiger partial charge in [-0.05, 0) is 6.92 Å². The molecule has 0 aliphatic carbocycles. The van der Waals surface area contributed by atoms with Crippen LogP contribution in [0, 0.1) is 6.92 Å². The molecule has 1 rings (SSSR count). The normalized spacial score (nSPS) is 11.4. The summed E-state index contributed by atoms with van der Waals surface area (Å²) in [6, 6.07) is 1.20. The summed E-state index contributed by atoms with van der Waals surface area (Å²) in [5, 5.41) is 8.82. The van der Waals surface area contributed by atoms with Crippen LogP contribution < -0.4 is 5.43 Å². The monoisotopic (exact) mass is 273 g/mol. The second-order valence-electron chi connectivity index (χ2n) is 3.93. The number of nitrogens with zero attached hydrogens (tertiary/aromatic N) is 1. The van der Waals surface area contributed by atoms with Crippen molar-refractivity contribution in [3.05, 3.63) is 33.7 Å². The molecule has 6 nitrogen and oxygen atoms in total. The molecule has 0 unspecified atom stereocenters. The second-order valence-corrected chi connectivity index (χ2v) is 6.40. The van der Waals surface area contributed by atoms with E-state index in [9.17, 15) is 18.0 Å². The average molecular weight is 273 g/mol. The van der Waals surface area contributed by atoms with Crippen LogP contribution in [0.3, 0.4) is 0 Å². The van der Waals surface area contributed by atoms with Crippen molar-refractivity contribution in [1.82, 2.24) is 4.57 Å². The van der Waals surface area contributed by atoms with E-state index in [0.29, 0.717) is 5.69 Å². The van der Waals surface area contributed by atoms with Gasteiger partial charge in [-0.1, -0.05) is 6.92 Å². The van der Waals surface area contributed by atoms with Gasteiger partial charge in [-0.15, -0.1) is 0 Å². The van der Waals surface area contributed by atoms with Gasteiger partial charge < -0.3 is 9.67 Å². The molecule has 0 aliphatic heterocycles. The van der Waals surface area contributed by atoms with Crippen LogP contribution in [0.5, 0.6) is 0 Å². The Balaban J connectivity index is 3.07. The summed E-state index contributed by atoms with van der Waals surface area (Å²) in [7, 11) is -3.12. The molecule has 0 spiro atoms. The Morgan fingerprint density at radius 3 is 2.56 bits per heavy atom. The van der Waals surface area contributed by atoms with E-state index in [1.54, 1.807) is 13.8 Å². The van der Waals surface area contributed by atoms with E-state index < -0.39 is 21.2 Å². The quantitative estimate of drug-likeness (QED) is 0.832. The number of carbonyl (C=O) groups is 1. The van der Waals surface area contributed by atoms with Gasteiger partial charge in [0, 0.05) is 30.3 Å². The van der Waals surface area contributed by atoms with Crippen molar-refractivity contribution in [1.29, 1.82) is 0 Å². The molecule has 0 amide bonds. The van der Waals surface area contributed by atoms with Crippen molar-refractivity contribution in [3.63, 3.8) is 0 Å². The smallest absolute Gasteiger partial charge is 0.341 e. The highest BCUT2D eigenvalue weighted by Gasteiger charge is 2.12. The zero-order valence-electron chi connectivity index (χ0n) is 10.2. The highest BCUT2D eigenvalue weighted by atomic mass is 32.2. The lowest BCUT2D eigenvalue weighted by atomic mass is 10.2. The van der Waals surface area contributed by atoms with Gasteiger partial charge in [0.1, 0.15) is 5.56 Å². The SMILES string of the molecule is CCS(=O)(=O)CCn1cc(C(=O)O)c(=O)cc1C. The first-order valence-electron chi connectivity index (χ1n) is 5.41. The molecular formula is C11H15NO5S. The first-order chi connectivity index (χ1) is 8.26. The van der Waals surface area contributed by atoms with E-state index in [-0.39, 0.29) is 23.6 Å². The summed E-state index contributed by atoms with van der Waals surface area (Å²) < 4.78 is 24.2. The molecule has 0 aliphatic rings. The van der Waals surface area contributed by atoms with Crippen molar-refractivity contribution >= 4 is 15.8 Å². The first-order valence-corrected chi connectivity index (χ1v) is 7.24. The third-order valence-corrected chi connectivity index (χ3v) is 4.34. The molecule has 1 heterocycles.